The van der Waals surface area contributed by atoms with Crippen molar-refractivity contribution in [3.63, 3.8) is 0 Å². The SMILES string of the molecule is O=C(NCc1ccccc1Cl)NC(CO)C(=O)NCc1ccccc1Cl. The molecule has 0 radical (unpaired) electrons. The smallest absolute Gasteiger partial charge is 0.315 e. The maximum absolute atomic E-state index is 12.1. The Morgan fingerprint density at radius 1 is 0.885 bits per heavy atom. The highest BCUT2D eigenvalue weighted by atomic mass is 35.5. The van der Waals surface area contributed by atoms with E-state index in [0.29, 0.717) is 10.0 Å². The highest BCUT2D eigenvalue weighted by Crippen LogP contribution is 2.15. The van der Waals surface area contributed by atoms with E-state index in [1.807, 2.05) is 0 Å². The van der Waals surface area contributed by atoms with E-state index < -0.39 is 24.6 Å². The Morgan fingerprint density at radius 3 is 1.88 bits per heavy atom. The van der Waals surface area contributed by atoms with E-state index in [0.717, 1.165) is 11.1 Å². The molecule has 2 aromatic rings. The van der Waals surface area contributed by atoms with Gasteiger partial charge in [0, 0.05) is 23.1 Å². The molecular formula is C18H19Cl2N3O3. The molecule has 8 heteroatoms. The van der Waals surface area contributed by atoms with Crippen LogP contribution in [0, 0.1) is 0 Å². The Morgan fingerprint density at radius 2 is 1.38 bits per heavy atom. The number of carbonyl (C=O) groups excluding carboxylic acids is 2. The minimum absolute atomic E-state index is 0.192. The minimum Gasteiger partial charge on any atom is -0.394 e. The van der Waals surface area contributed by atoms with E-state index in [9.17, 15) is 14.7 Å². The summed E-state index contributed by atoms with van der Waals surface area (Å²) in [6.07, 6.45) is 0. The van der Waals surface area contributed by atoms with Gasteiger partial charge in [0.25, 0.3) is 0 Å². The Labute approximate surface area is 161 Å². The summed E-state index contributed by atoms with van der Waals surface area (Å²) in [7, 11) is 0. The van der Waals surface area contributed by atoms with Gasteiger partial charge in [0.05, 0.1) is 6.61 Å². The van der Waals surface area contributed by atoms with Crippen molar-refractivity contribution in [3.8, 4) is 0 Å². The number of aliphatic hydroxyl groups excluding tert-OH is 1. The summed E-state index contributed by atoms with van der Waals surface area (Å²) in [5.74, 6) is -0.514. The molecule has 0 aliphatic heterocycles. The summed E-state index contributed by atoms with van der Waals surface area (Å²) in [5, 5.41) is 18.1. The topological polar surface area (TPSA) is 90.5 Å². The Hall–Kier alpha value is -2.28. The van der Waals surface area contributed by atoms with Gasteiger partial charge in [0.15, 0.2) is 0 Å². The molecule has 0 aliphatic carbocycles. The number of carbonyl (C=O) groups is 2. The number of hydrogen-bond acceptors (Lipinski definition) is 3. The van der Waals surface area contributed by atoms with Crippen molar-refractivity contribution in [1.29, 1.82) is 0 Å². The lowest BCUT2D eigenvalue weighted by Crippen LogP contribution is -2.51. The van der Waals surface area contributed by atoms with Gasteiger partial charge in [-0.25, -0.2) is 4.79 Å². The van der Waals surface area contributed by atoms with Gasteiger partial charge in [-0.1, -0.05) is 59.6 Å². The molecule has 0 bridgehead atoms. The van der Waals surface area contributed by atoms with Crippen LogP contribution in [0.4, 0.5) is 4.79 Å². The summed E-state index contributed by atoms with van der Waals surface area (Å²) in [4.78, 5) is 24.1. The number of benzene rings is 2. The van der Waals surface area contributed by atoms with E-state index in [2.05, 4.69) is 16.0 Å². The molecule has 6 nitrogen and oxygen atoms in total. The second-order valence-electron chi connectivity index (χ2n) is 5.46. The quantitative estimate of drug-likeness (QED) is 0.580. The van der Waals surface area contributed by atoms with Crippen LogP contribution in [0.15, 0.2) is 48.5 Å². The maximum atomic E-state index is 12.1. The second kappa shape index (κ2) is 10.0. The largest absolute Gasteiger partial charge is 0.394 e. The van der Waals surface area contributed by atoms with Crippen LogP contribution < -0.4 is 16.0 Å². The summed E-state index contributed by atoms with van der Waals surface area (Å²) in [6, 6.07) is 12.5. The van der Waals surface area contributed by atoms with Gasteiger partial charge in [-0.05, 0) is 23.3 Å². The van der Waals surface area contributed by atoms with Crippen LogP contribution in [0.5, 0.6) is 0 Å². The van der Waals surface area contributed by atoms with Gasteiger partial charge in [-0.3, -0.25) is 4.79 Å². The van der Waals surface area contributed by atoms with Crippen LogP contribution in [0.25, 0.3) is 0 Å². The van der Waals surface area contributed by atoms with Gasteiger partial charge < -0.3 is 21.1 Å². The number of hydrogen-bond donors (Lipinski definition) is 4. The molecule has 138 valence electrons. The van der Waals surface area contributed by atoms with Gasteiger partial charge in [-0.15, -0.1) is 0 Å². The molecule has 2 aromatic carbocycles. The molecule has 3 amide bonds. The van der Waals surface area contributed by atoms with E-state index >= 15 is 0 Å². The average Bonchev–Trinajstić information content (AvgIpc) is 2.64. The van der Waals surface area contributed by atoms with Crippen molar-refractivity contribution in [2.45, 2.75) is 19.1 Å². The first kappa shape index (κ1) is 20.0. The predicted molar refractivity (Wildman–Crippen MR) is 101 cm³/mol. The number of aliphatic hydroxyl groups is 1. The van der Waals surface area contributed by atoms with Gasteiger partial charge in [0.1, 0.15) is 6.04 Å². The minimum atomic E-state index is -1.08. The van der Waals surface area contributed by atoms with Gasteiger partial charge >= 0.3 is 6.03 Å². The van der Waals surface area contributed by atoms with Crippen molar-refractivity contribution in [1.82, 2.24) is 16.0 Å². The highest BCUT2D eigenvalue weighted by molar-refractivity contribution is 6.31. The lowest BCUT2D eigenvalue weighted by Gasteiger charge is -2.17. The molecule has 0 heterocycles. The molecule has 0 spiro atoms. The fourth-order valence-corrected chi connectivity index (χ4v) is 2.57. The lowest BCUT2D eigenvalue weighted by atomic mass is 10.2. The van der Waals surface area contributed by atoms with E-state index in [1.54, 1.807) is 48.5 Å². The van der Waals surface area contributed by atoms with Crippen LogP contribution in [0.3, 0.4) is 0 Å². The fourth-order valence-electron chi connectivity index (χ4n) is 2.17. The summed E-state index contributed by atoms with van der Waals surface area (Å²) < 4.78 is 0. The summed E-state index contributed by atoms with van der Waals surface area (Å²) >= 11 is 12.0. The number of amides is 3. The normalized spacial score (nSPS) is 11.5. The van der Waals surface area contributed by atoms with Gasteiger partial charge in [-0.2, -0.15) is 0 Å². The number of halogens is 2. The number of nitrogens with one attached hydrogen (secondary N) is 3. The Balaban J connectivity index is 1.83. The predicted octanol–water partition coefficient (Wildman–Crippen LogP) is 2.47. The fraction of sp³-hybridized carbons (Fsp3) is 0.222. The van der Waals surface area contributed by atoms with Crippen LogP contribution in [0.2, 0.25) is 10.0 Å². The summed E-state index contributed by atoms with van der Waals surface area (Å²) in [6.45, 7) is -0.142. The molecule has 1 atom stereocenters. The zero-order chi connectivity index (χ0) is 18.9. The molecule has 2 rings (SSSR count). The van der Waals surface area contributed by atoms with Crippen molar-refractivity contribution in [2.24, 2.45) is 0 Å². The molecule has 0 aromatic heterocycles. The average molecular weight is 396 g/mol. The monoisotopic (exact) mass is 395 g/mol. The van der Waals surface area contributed by atoms with Crippen LogP contribution in [-0.2, 0) is 17.9 Å². The molecule has 0 fully saturated rings. The zero-order valence-electron chi connectivity index (χ0n) is 13.8. The molecule has 26 heavy (non-hydrogen) atoms. The van der Waals surface area contributed by atoms with Crippen LogP contribution >= 0.6 is 23.2 Å². The van der Waals surface area contributed by atoms with Crippen molar-refractivity contribution < 1.29 is 14.7 Å². The molecule has 0 saturated carbocycles. The third-order valence-corrected chi connectivity index (χ3v) is 4.35. The first-order valence-electron chi connectivity index (χ1n) is 7.91. The van der Waals surface area contributed by atoms with E-state index in [4.69, 9.17) is 23.2 Å². The number of rotatable bonds is 7. The summed E-state index contributed by atoms with van der Waals surface area (Å²) in [5.41, 5.74) is 1.48. The highest BCUT2D eigenvalue weighted by Gasteiger charge is 2.19. The molecule has 1 unspecified atom stereocenters. The third kappa shape index (κ3) is 5.91. The van der Waals surface area contributed by atoms with E-state index in [-0.39, 0.29) is 13.1 Å². The maximum Gasteiger partial charge on any atom is 0.315 e. The van der Waals surface area contributed by atoms with Crippen molar-refractivity contribution in [3.05, 3.63) is 69.7 Å². The Bertz CT molecular complexity index is 771. The van der Waals surface area contributed by atoms with Crippen molar-refractivity contribution >= 4 is 35.1 Å². The standard InChI is InChI=1S/C18H19Cl2N3O3/c19-14-7-3-1-5-12(14)9-21-17(25)16(11-24)23-18(26)22-10-13-6-2-4-8-15(13)20/h1-8,16,24H,9-11H2,(H,21,25)(H2,22,23,26). The molecule has 4 N–H and O–H groups in total. The second-order valence-corrected chi connectivity index (χ2v) is 6.28. The molecular weight excluding hydrogens is 377 g/mol. The molecule has 0 aliphatic rings. The van der Waals surface area contributed by atoms with Crippen LogP contribution in [-0.4, -0.2) is 29.7 Å². The van der Waals surface area contributed by atoms with E-state index in [1.165, 1.54) is 0 Å². The van der Waals surface area contributed by atoms with Gasteiger partial charge in [0.2, 0.25) is 5.91 Å². The Kier molecular flexibility index (Phi) is 7.72. The van der Waals surface area contributed by atoms with Crippen LogP contribution in [0.1, 0.15) is 11.1 Å². The molecule has 0 saturated heterocycles. The van der Waals surface area contributed by atoms with Crippen molar-refractivity contribution in [2.75, 3.05) is 6.61 Å². The zero-order valence-corrected chi connectivity index (χ0v) is 15.3. The first-order valence-corrected chi connectivity index (χ1v) is 8.66. The third-order valence-electron chi connectivity index (χ3n) is 3.61. The number of urea groups is 1. The lowest BCUT2D eigenvalue weighted by molar-refractivity contribution is -0.123. The first-order chi connectivity index (χ1) is 12.5.